The van der Waals surface area contributed by atoms with E-state index in [1.165, 1.54) is 24.3 Å². The van der Waals surface area contributed by atoms with Gasteiger partial charge in [0.25, 0.3) is 0 Å². The monoisotopic (exact) mass is 465 g/mol. The third kappa shape index (κ3) is 4.52. The fourth-order valence-corrected chi connectivity index (χ4v) is 5.22. The summed E-state index contributed by atoms with van der Waals surface area (Å²) in [5.41, 5.74) is 1.05. The second kappa shape index (κ2) is 8.38. The zero-order valence-corrected chi connectivity index (χ0v) is 17.4. The summed E-state index contributed by atoms with van der Waals surface area (Å²) in [6.07, 6.45) is -4.25. The number of hydrogen-bond acceptors (Lipinski definition) is 6. The molecule has 0 spiro atoms. The van der Waals surface area contributed by atoms with Crippen LogP contribution in [-0.4, -0.2) is 47.7 Å². The molecule has 0 N–H and O–H groups in total. The van der Waals surface area contributed by atoms with Crippen molar-refractivity contribution >= 4 is 15.7 Å². The van der Waals surface area contributed by atoms with E-state index in [1.54, 1.807) is 4.90 Å². The first kappa shape index (κ1) is 22.0. The Morgan fingerprint density at radius 1 is 1.09 bits per heavy atom. The van der Waals surface area contributed by atoms with Gasteiger partial charge in [0.05, 0.1) is 16.6 Å². The van der Waals surface area contributed by atoms with Crippen LogP contribution in [-0.2, 0) is 27.2 Å². The van der Waals surface area contributed by atoms with Crippen molar-refractivity contribution in [2.45, 2.75) is 29.2 Å². The van der Waals surface area contributed by atoms with E-state index in [9.17, 15) is 26.4 Å². The summed E-state index contributed by atoms with van der Waals surface area (Å²) in [7, 11) is -3.73. The van der Waals surface area contributed by atoms with E-state index in [2.05, 4.69) is 14.7 Å². The average Bonchev–Trinajstić information content (AvgIpc) is 3.45. The summed E-state index contributed by atoms with van der Waals surface area (Å²) in [6.45, 7) is 0.437. The van der Waals surface area contributed by atoms with Gasteiger partial charge < -0.3 is 9.42 Å². The molecule has 7 nitrogen and oxygen atoms in total. The highest BCUT2D eigenvalue weighted by molar-refractivity contribution is 7.92. The minimum Gasteiger partial charge on any atom is -0.341 e. The molecule has 0 bridgehead atoms. The number of likely N-dealkylation sites (tertiary alicyclic amines) is 1. The van der Waals surface area contributed by atoms with Crippen LogP contribution in [0.5, 0.6) is 0 Å². The van der Waals surface area contributed by atoms with E-state index < -0.39 is 27.2 Å². The minimum atomic E-state index is -4.76. The topological polar surface area (TPSA) is 93.4 Å². The maximum Gasteiger partial charge on any atom is 0.471 e. The van der Waals surface area contributed by atoms with E-state index in [-0.39, 0.29) is 35.2 Å². The number of carbonyl (C=O) groups is 1. The lowest BCUT2D eigenvalue weighted by Crippen LogP contribution is -2.32. The summed E-state index contributed by atoms with van der Waals surface area (Å²) < 4.78 is 68.1. The molecule has 2 aromatic carbocycles. The molecule has 11 heteroatoms. The average molecular weight is 465 g/mol. The van der Waals surface area contributed by atoms with Crippen molar-refractivity contribution < 1.29 is 30.9 Å². The second-order valence-corrected chi connectivity index (χ2v) is 9.63. The van der Waals surface area contributed by atoms with Crippen LogP contribution in [0.15, 0.2) is 64.0 Å². The number of alkyl halides is 3. The predicted molar refractivity (Wildman–Crippen MR) is 107 cm³/mol. The van der Waals surface area contributed by atoms with Crippen molar-refractivity contribution in [2.75, 3.05) is 13.1 Å². The Kier molecular flexibility index (Phi) is 5.76. The maximum atomic E-state index is 13.0. The number of aromatic nitrogens is 2. The van der Waals surface area contributed by atoms with Gasteiger partial charge in [-0.25, -0.2) is 8.42 Å². The molecule has 1 aliphatic heterocycles. The van der Waals surface area contributed by atoms with Crippen LogP contribution >= 0.6 is 0 Å². The zero-order chi connectivity index (χ0) is 22.9. The molecule has 168 valence electrons. The number of halogens is 3. The molecule has 0 aliphatic carbocycles. The molecule has 1 atom stereocenters. The Balaban J connectivity index is 1.44. The number of sulfone groups is 1. The van der Waals surface area contributed by atoms with Gasteiger partial charge in [-0.2, -0.15) is 18.2 Å². The van der Waals surface area contributed by atoms with Gasteiger partial charge in [-0.05, 0) is 36.2 Å². The molecule has 1 aromatic heterocycles. The van der Waals surface area contributed by atoms with Crippen LogP contribution in [0.1, 0.15) is 17.9 Å². The summed E-state index contributed by atoms with van der Waals surface area (Å²) in [6, 6.07) is 14.4. The number of rotatable bonds is 5. The van der Waals surface area contributed by atoms with Crippen LogP contribution in [0.4, 0.5) is 13.2 Å². The lowest BCUT2D eigenvalue weighted by molar-refractivity contribution is -0.159. The summed E-state index contributed by atoms with van der Waals surface area (Å²) in [4.78, 5) is 17.4. The molecule has 1 amide bonds. The first-order valence-corrected chi connectivity index (χ1v) is 11.3. The Morgan fingerprint density at radius 3 is 2.41 bits per heavy atom. The van der Waals surface area contributed by atoms with Crippen molar-refractivity contribution in [1.82, 2.24) is 15.0 Å². The van der Waals surface area contributed by atoms with Crippen LogP contribution in [0, 0.1) is 0 Å². The fourth-order valence-electron chi connectivity index (χ4n) is 3.53. The van der Waals surface area contributed by atoms with Crippen molar-refractivity contribution in [3.8, 4) is 11.4 Å². The fraction of sp³-hybridized carbons (Fsp3) is 0.286. The van der Waals surface area contributed by atoms with E-state index in [4.69, 9.17) is 0 Å². The SMILES string of the molecule is O=C(Cc1ccccc1)N1CC[C@H](S(=O)(=O)c2ccc(-c3noc(C(F)(F)F)n3)cc2)C1. The highest BCUT2D eigenvalue weighted by Crippen LogP contribution is 2.30. The molecule has 1 aliphatic rings. The van der Waals surface area contributed by atoms with Crippen molar-refractivity contribution in [3.05, 3.63) is 66.1 Å². The summed E-state index contributed by atoms with van der Waals surface area (Å²) in [5, 5.41) is 2.53. The molecule has 4 rings (SSSR count). The maximum absolute atomic E-state index is 13.0. The van der Waals surface area contributed by atoms with Crippen molar-refractivity contribution in [1.29, 1.82) is 0 Å². The van der Waals surface area contributed by atoms with Gasteiger partial charge in [-0.15, -0.1) is 0 Å². The number of hydrogen-bond donors (Lipinski definition) is 0. The Bertz CT molecular complexity index is 1210. The van der Waals surface area contributed by atoms with Crippen LogP contribution in [0.2, 0.25) is 0 Å². The highest BCUT2D eigenvalue weighted by Gasteiger charge is 2.39. The molecular formula is C21H18F3N3O4S. The van der Waals surface area contributed by atoms with Crippen molar-refractivity contribution in [3.63, 3.8) is 0 Å². The Morgan fingerprint density at radius 2 is 1.78 bits per heavy atom. The normalized spacial score (nSPS) is 17.0. The zero-order valence-electron chi connectivity index (χ0n) is 16.6. The minimum absolute atomic E-state index is 0.0168. The standard InChI is InChI=1S/C21H18F3N3O4S/c22-21(23,24)20-25-19(26-31-20)15-6-8-16(9-7-15)32(29,30)17-10-11-27(13-17)18(28)12-14-4-2-1-3-5-14/h1-9,17H,10-13H2/t17-/m0/s1. The Hall–Kier alpha value is -3.21. The molecule has 0 unspecified atom stereocenters. The van der Waals surface area contributed by atoms with E-state index in [0.717, 1.165) is 5.56 Å². The van der Waals surface area contributed by atoms with E-state index >= 15 is 0 Å². The number of carbonyl (C=O) groups excluding carboxylic acids is 1. The highest BCUT2D eigenvalue weighted by atomic mass is 32.2. The Labute approximate surface area is 181 Å². The van der Waals surface area contributed by atoms with Gasteiger partial charge in [-0.1, -0.05) is 35.5 Å². The smallest absolute Gasteiger partial charge is 0.341 e. The van der Waals surface area contributed by atoms with Crippen molar-refractivity contribution in [2.24, 2.45) is 0 Å². The van der Waals surface area contributed by atoms with Crippen LogP contribution < -0.4 is 0 Å². The summed E-state index contributed by atoms with van der Waals surface area (Å²) in [5.74, 6) is -1.91. The lowest BCUT2D eigenvalue weighted by atomic mass is 10.1. The molecule has 1 saturated heterocycles. The molecule has 1 fully saturated rings. The second-order valence-electron chi connectivity index (χ2n) is 7.40. The van der Waals surface area contributed by atoms with Gasteiger partial charge in [0, 0.05) is 18.7 Å². The number of amides is 1. The first-order chi connectivity index (χ1) is 15.1. The molecule has 0 radical (unpaired) electrons. The van der Waals surface area contributed by atoms with Crippen LogP contribution in [0.3, 0.4) is 0 Å². The third-order valence-electron chi connectivity index (χ3n) is 5.24. The van der Waals surface area contributed by atoms with E-state index in [1.807, 2.05) is 30.3 Å². The number of nitrogens with zero attached hydrogens (tertiary/aromatic N) is 3. The first-order valence-electron chi connectivity index (χ1n) is 9.71. The van der Waals surface area contributed by atoms with Gasteiger partial charge in [-0.3, -0.25) is 4.79 Å². The molecule has 0 saturated carbocycles. The lowest BCUT2D eigenvalue weighted by Gasteiger charge is -2.17. The van der Waals surface area contributed by atoms with Crippen LogP contribution in [0.25, 0.3) is 11.4 Å². The van der Waals surface area contributed by atoms with Gasteiger partial charge >= 0.3 is 12.1 Å². The van der Waals surface area contributed by atoms with Gasteiger partial charge in [0.15, 0.2) is 9.84 Å². The largest absolute Gasteiger partial charge is 0.471 e. The molecule has 3 aromatic rings. The quantitative estimate of drug-likeness (QED) is 0.574. The van der Waals surface area contributed by atoms with Gasteiger partial charge in [0.1, 0.15) is 0 Å². The molecule has 2 heterocycles. The molecule has 32 heavy (non-hydrogen) atoms. The predicted octanol–water partition coefficient (Wildman–Crippen LogP) is 3.37. The summed E-state index contributed by atoms with van der Waals surface area (Å²) >= 11 is 0. The number of benzene rings is 2. The van der Waals surface area contributed by atoms with E-state index in [0.29, 0.717) is 13.0 Å². The molecular weight excluding hydrogens is 447 g/mol. The van der Waals surface area contributed by atoms with Gasteiger partial charge in [0.2, 0.25) is 11.7 Å². The third-order valence-corrected chi connectivity index (χ3v) is 7.44.